The standard InChI is InChI=1S/C14H24N4O3S/c1-13(2,16-22(20,21)10-6-7-10)11-9-18(17-15-11)12-5-4-8-14(12,3)19/h9-10,12,16,19H,4-8H2,1-3H3. The van der Waals surface area contributed by atoms with E-state index < -0.39 is 21.2 Å². The molecule has 0 radical (unpaired) electrons. The molecule has 2 unspecified atom stereocenters. The Labute approximate surface area is 131 Å². The lowest BCUT2D eigenvalue weighted by molar-refractivity contribution is 0.0215. The minimum Gasteiger partial charge on any atom is -0.388 e. The Balaban J connectivity index is 1.80. The van der Waals surface area contributed by atoms with Crippen molar-refractivity contribution in [1.29, 1.82) is 0 Å². The first-order valence-electron chi connectivity index (χ1n) is 7.79. The Bertz CT molecular complexity index is 661. The molecule has 2 aliphatic rings. The third kappa shape index (κ3) is 2.91. The van der Waals surface area contributed by atoms with Gasteiger partial charge in [-0.3, -0.25) is 0 Å². The van der Waals surface area contributed by atoms with E-state index in [1.165, 1.54) is 0 Å². The zero-order valence-corrected chi connectivity index (χ0v) is 14.1. The summed E-state index contributed by atoms with van der Waals surface area (Å²) in [6, 6.07) is -0.107. The normalized spacial score (nSPS) is 29.9. The molecule has 0 aromatic carbocycles. The molecule has 0 saturated heterocycles. The van der Waals surface area contributed by atoms with E-state index in [1.807, 2.05) is 6.92 Å². The van der Waals surface area contributed by atoms with E-state index in [0.29, 0.717) is 5.69 Å². The molecule has 2 N–H and O–H groups in total. The summed E-state index contributed by atoms with van der Waals surface area (Å²) in [4.78, 5) is 0. The van der Waals surface area contributed by atoms with Gasteiger partial charge < -0.3 is 5.11 Å². The van der Waals surface area contributed by atoms with Gasteiger partial charge in [0.15, 0.2) is 0 Å². The van der Waals surface area contributed by atoms with Crippen LogP contribution in [0.25, 0.3) is 0 Å². The summed E-state index contributed by atoms with van der Waals surface area (Å²) < 4.78 is 28.7. The van der Waals surface area contributed by atoms with Crippen LogP contribution in [-0.2, 0) is 15.6 Å². The topological polar surface area (TPSA) is 97.1 Å². The molecule has 2 atom stereocenters. The van der Waals surface area contributed by atoms with Crippen LogP contribution in [0.4, 0.5) is 0 Å². The predicted octanol–water partition coefficient (Wildman–Crippen LogP) is 1.07. The lowest BCUT2D eigenvalue weighted by atomic mass is 10.0. The molecule has 7 nitrogen and oxygen atoms in total. The second-order valence-electron chi connectivity index (χ2n) is 7.32. The van der Waals surface area contributed by atoms with Gasteiger partial charge in [-0.25, -0.2) is 17.8 Å². The van der Waals surface area contributed by atoms with Crippen molar-refractivity contribution < 1.29 is 13.5 Å². The monoisotopic (exact) mass is 328 g/mol. The molecule has 2 saturated carbocycles. The van der Waals surface area contributed by atoms with Crippen LogP contribution in [0, 0.1) is 0 Å². The molecule has 2 fully saturated rings. The van der Waals surface area contributed by atoms with Crippen molar-refractivity contribution in [3.63, 3.8) is 0 Å². The number of nitrogens with one attached hydrogen (secondary N) is 1. The van der Waals surface area contributed by atoms with Crippen LogP contribution in [0.1, 0.15) is 64.6 Å². The second kappa shape index (κ2) is 5.01. The summed E-state index contributed by atoms with van der Waals surface area (Å²) in [6.07, 6.45) is 5.74. The molecule has 0 spiro atoms. The van der Waals surface area contributed by atoms with Gasteiger partial charge in [0.2, 0.25) is 10.0 Å². The van der Waals surface area contributed by atoms with Crippen LogP contribution in [0.5, 0.6) is 0 Å². The van der Waals surface area contributed by atoms with Crippen molar-refractivity contribution in [3.8, 4) is 0 Å². The van der Waals surface area contributed by atoms with E-state index >= 15 is 0 Å². The SMILES string of the molecule is CC(C)(NS(=O)(=O)C1CC1)c1cn(C2CCCC2(C)O)nn1. The fraction of sp³-hybridized carbons (Fsp3) is 0.857. The number of aliphatic hydroxyl groups is 1. The largest absolute Gasteiger partial charge is 0.388 e. The maximum atomic E-state index is 12.1. The predicted molar refractivity (Wildman–Crippen MR) is 81.6 cm³/mol. The summed E-state index contributed by atoms with van der Waals surface area (Å²) >= 11 is 0. The minimum atomic E-state index is -3.30. The number of rotatable bonds is 5. The Kier molecular flexibility index (Phi) is 3.61. The van der Waals surface area contributed by atoms with Crippen LogP contribution in [0.15, 0.2) is 6.20 Å². The van der Waals surface area contributed by atoms with Gasteiger partial charge in [-0.2, -0.15) is 0 Å². The number of sulfonamides is 1. The molecule has 0 bridgehead atoms. The van der Waals surface area contributed by atoms with Crippen LogP contribution in [0.2, 0.25) is 0 Å². The first-order chi connectivity index (χ1) is 10.1. The van der Waals surface area contributed by atoms with Crippen LogP contribution >= 0.6 is 0 Å². The highest BCUT2D eigenvalue weighted by Gasteiger charge is 2.42. The number of hydrogen-bond donors (Lipinski definition) is 2. The lowest BCUT2D eigenvalue weighted by Crippen LogP contribution is -2.42. The Morgan fingerprint density at radius 2 is 2.09 bits per heavy atom. The molecule has 8 heteroatoms. The molecule has 3 rings (SSSR count). The van der Waals surface area contributed by atoms with E-state index in [4.69, 9.17) is 0 Å². The van der Waals surface area contributed by atoms with Gasteiger partial charge in [0, 0.05) is 0 Å². The second-order valence-corrected chi connectivity index (χ2v) is 9.28. The minimum absolute atomic E-state index is 0.107. The van der Waals surface area contributed by atoms with E-state index in [-0.39, 0.29) is 11.3 Å². The molecule has 2 aliphatic carbocycles. The highest BCUT2D eigenvalue weighted by molar-refractivity contribution is 7.90. The van der Waals surface area contributed by atoms with Gasteiger partial charge in [0.1, 0.15) is 5.69 Å². The molecule has 0 aliphatic heterocycles. The quantitative estimate of drug-likeness (QED) is 0.843. The van der Waals surface area contributed by atoms with E-state index in [0.717, 1.165) is 32.1 Å². The smallest absolute Gasteiger partial charge is 0.215 e. The number of aromatic nitrogens is 3. The van der Waals surface area contributed by atoms with Crippen LogP contribution in [0.3, 0.4) is 0 Å². The summed E-state index contributed by atoms with van der Waals surface area (Å²) in [6.45, 7) is 5.38. The van der Waals surface area contributed by atoms with Gasteiger partial charge in [-0.15, -0.1) is 5.10 Å². The summed E-state index contributed by atoms with van der Waals surface area (Å²) in [5.41, 5.74) is -1.04. The molecule has 1 heterocycles. The highest BCUT2D eigenvalue weighted by Crippen LogP contribution is 2.39. The van der Waals surface area contributed by atoms with Crippen molar-refractivity contribution in [3.05, 3.63) is 11.9 Å². The Morgan fingerprint density at radius 3 is 2.64 bits per heavy atom. The number of hydrogen-bond acceptors (Lipinski definition) is 5. The molecule has 124 valence electrons. The van der Waals surface area contributed by atoms with Crippen LogP contribution < -0.4 is 4.72 Å². The third-order valence-corrected chi connectivity index (χ3v) is 6.85. The van der Waals surface area contributed by atoms with Crippen LogP contribution in [-0.4, -0.2) is 39.4 Å². The zero-order valence-electron chi connectivity index (χ0n) is 13.3. The Morgan fingerprint density at radius 1 is 1.41 bits per heavy atom. The maximum Gasteiger partial charge on any atom is 0.215 e. The molecule has 1 aromatic rings. The van der Waals surface area contributed by atoms with Gasteiger partial charge in [-0.05, 0) is 52.9 Å². The Hall–Kier alpha value is -0.990. The van der Waals surface area contributed by atoms with Gasteiger partial charge in [0.05, 0.1) is 28.6 Å². The van der Waals surface area contributed by atoms with Crippen molar-refractivity contribution in [1.82, 2.24) is 19.7 Å². The van der Waals surface area contributed by atoms with Crippen molar-refractivity contribution >= 4 is 10.0 Å². The average Bonchev–Trinajstić information content (AvgIpc) is 3.02. The molecule has 22 heavy (non-hydrogen) atoms. The zero-order chi connectivity index (χ0) is 16.2. The van der Waals surface area contributed by atoms with Gasteiger partial charge in [-0.1, -0.05) is 5.21 Å². The first kappa shape index (κ1) is 15.9. The maximum absolute atomic E-state index is 12.1. The highest BCUT2D eigenvalue weighted by atomic mass is 32.2. The molecular formula is C14H24N4O3S. The van der Waals surface area contributed by atoms with Gasteiger partial charge >= 0.3 is 0 Å². The summed E-state index contributed by atoms with van der Waals surface area (Å²) in [5.74, 6) is 0. The average molecular weight is 328 g/mol. The summed E-state index contributed by atoms with van der Waals surface area (Å²) in [5, 5.41) is 18.4. The van der Waals surface area contributed by atoms with E-state index in [1.54, 1.807) is 24.7 Å². The number of nitrogens with zero attached hydrogens (tertiary/aromatic N) is 3. The molecule has 0 amide bonds. The van der Waals surface area contributed by atoms with Crippen molar-refractivity contribution in [2.75, 3.05) is 0 Å². The third-order valence-electron chi connectivity index (χ3n) is 4.71. The lowest BCUT2D eigenvalue weighted by Gasteiger charge is -2.26. The van der Waals surface area contributed by atoms with E-state index in [9.17, 15) is 13.5 Å². The van der Waals surface area contributed by atoms with E-state index in [2.05, 4.69) is 15.0 Å². The molecule has 1 aromatic heterocycles. The fourth-order valence-electron chi connectivity index (χ4n) is 3.13. The summed E-state index contributed by atoms with van der Waals surface area (Å²) in [7, 11) is -3.30. The molecular weight excluding hydrogens is 304 g/mol. The first-order valence-corrected chi connectivity index (χ1v) is 9.34. The van der Waals surface area contributed by atoms with Gasteiger partial charge in [0.25, 0.3) is 0 Å². The fourth-order valence-corrected chi connectivity index (χ4v) is 4.87. The van der Waals surface area contributed by atoms with Crippen molar-refractivity contribution in [2.45, 2.75) is 75.3 Å². The van der Waals surface area contributed by atoms with Crippen molar-refractivity contribution in [2.24, 2.45) is 0 Å².